The molecule has 3 N–H and O–H groups in total. The smallest absolute Gasteiger partial charge is 0.232 e. The number of aryl methyl sites for hydroxylation is 1. The molecule has 1 amide bonds. The summed E-state index contributed by atoms with van der Waals surface area (Å²) in [5.41, 5.74) is 8.20. The minimum Gasteiger partial charge on any atom is -0.481 e. The molecule has 0 aliphatic carbocycles. The van der Waals surface area contributed by atoms with Crippen LogP contribution in [-0.2, 0) is 17.8 Å². The zero-order chi connectivity index (χ0) is 15.2. The number of ether oxygens (including phenoxy) is 1. The Hall–Kier alpha value is -2.47. The molecule has 0 aliphatic heterocycles. The van der Waals surface area contributed by atoms with Crippen LogP contribution in [0.5, 0.6) is 5.88 Å². The van der Waals surface area contributed by atoms with Crippen molar-refractivity contribution in [2.45, 2.75) is 19.9 Å². The van der Waals surface area contributed by atoms with E-state index in [0.717, 1.165) is 16.8 Å². The molecule has 1 heterocycles. The zero-order valence-electron chi connectivity index (χ0n) is 12.1. The number of benzene rings is 1. The van der Waals surface area contributed by atoms with Gasteiger partial charge < -0.3 is 10.5 Å². The third-order valence-electron chi connectivity index (χ3n) is 2.91. The second kappa shape index (κ2) is 6.81. The molecule has 0 spiro atoms. The van der Waals surface area contributed by atoms with Gasteiger partial charge in [-0.1, -0.05) is 24.3 Å². The number of methoxy groups -OCH3 is 1. The quantitative estimate of drug-likeness (QED) is 0.868. The SMILES string of the molecule is COc1cc(C)nc(NC(=O)Cc2ccc(CN)cc2)n1. The van der Waals surface area contributed by atoms with Gasteiger partial charge in [-0.3, -0.25) is 10.1 Å². The second-order valence-corrected chi connectivity index (χ2v) is 4.62. The lowest BCUT2D eigenvalue weighted by atomic mass is 10.1. The highest BCUT2D eigenvalue weighted by Crippen LogP contribution is 2.12. The van der Waals surface area contributed by atoms with Crippen LogP contribution < -0.4 is 15.8 Å². The Morgan fingerprint density at radius 3 is 2.52 bits per heavy atom. The van der Waals surface area contributed by atoms with E-state index in [1.165, 1.54) is 7.11 Å². The predicted molar refractivity (Wildman–Crippen MR) is 80.0 cm³/mol. The molecule has 110 valence electrons. The molecule has 0 bridgehead atoms. The first-order chi connectivity index (χ1) is 10.1. The highest BCUT2D eigenvalue weighted by atomic mass is 16.5. The number of hydrogen-bond acceptors (Lipinski definition) is 5. The van der Waals surface area contributed by atoms with Crippen molar-refractivity contribution in [2.24, 2.45) is 5.73 Å². The van der Waals surface area contributed by atoms with E-state index in [1.807, 2.05) is 31.2 Å². The Morgan fingerprint density at radius 2 is 1.90 bits per heavy atom. The van der Waals surface area contributed by atoms with Crippen molar-refractivity contribution in [3.05, 3.63) is 47.2 Å². The lowest BCUT2D eigenvalue weighted by Gasteiger charge is -2.07. The van der Waals surface area contributed by atoms with Gasteiger partial charge in [0.25, 0.3) is 0 Å². The van der Waals surface area contributed by atoms with Gasteiger partial charge in [0.05, 0.1) is 13.5 Å². The van der Waals surface area contributed by atoms with Gasteiger partial charge in [-0.2, -0.15) is 4.98 Å². The van der Waals surface area contributed by atoms with Crippen LogP contribution in [0.15, 0.2) is 30.3 Å². The number of carbonyl (C=O) groups excluding carboxylic acids is 1. The van der Waals surface area contributed by atoms with Crippen molar-refractivity contribution >= 4 is 11.9 Å². The van der Waals surface area contributed by atoms with E-state index in [1.54, 1.807) is 6.07 Å². The molecule has 0 radical (unpaired) electrons. The number of hydrogen-bond donors (Lipinski definition) is 2. The maximum absolute atomic E-state index is 12.0. The van der Waals surface area contributed by atoms with Crippen LogP contribution in [0.4, 0.5) is 5.95 Å². The monoisotopic (exact) mass is 286 g/mol. The fourth-order valence-corrected chi connectivity index (χ4v) is 1.85. The Bertz CT molecular complexity index is 626. The molecule has 0 unspecified atom stereocenters. The Kier molecular flexibility index (Phi) is 4.84. The third-order valence-corrected chi connectivity index (χ3v) is 2.91. The summed E-state index contributed by atoms with van der Waals surface area (Å²) in [5, 5.41) is 2.67. The van der Waals surface area contributed by atoms with Gasteiger partial charge in [0.2, 0.25) is 17.7 Å². The molecule has 2 rings (SSSR count). The summed E-state index contributed by atoms with van der Waals surface area (Å²) in [6.45, 7) is 2.30. The van der Waals surface area contributed by atoms with E-state index in [-0.39, 0.29) is 18.3 Å². The fourth-order valence-electron chi connectivity index (χ4n) is 1.85. The Labute approximate surface area is 123 Å². The normalized spacial score (nSPS) is 10.2. The van der Waals surface area contributed by atoms with Gasteiger partial charge in [-0.25, -0.2) is 4.98 Å². The molecule has 6 heteroatoms. The predicted octanol–water partition coefficient (Wildman–Crippen LogP) is 1.43. The van der Waals surface area contributed by atoms with E-state index >= 15 is 0 Å². The summed E-state index contributed by atoms with van der Waals surface area (Å²) in [7, 11) is 1.52. The molecule has 6 nitrogen and oxygen atoms in total. The van der Waals surface area contributed by atoms with Gasteiger partial charge >= 0.3 is 0 Å². The molecule has 1 aromatic heterocycles. The number of amides is 1. The number of rotatable bonds is 5. The molecule has 2 aromatic rings. The van der Waals surface area contributed by atoms with E-state index in [2.05, 4.69) is 15.3 Å². The lowest BCUT2D eigenvalue weighted by molar-refractivity contribution is -0.115. The lowest BCUT2D eigenvalue weighted by Crippen LogP contribution is -2.17. The van der Waals surface area contributed by atoms with Gasteiger partial charge in [-0.15, -0.1) is 0 Å². The average Bonchev–Trinajstić information content (AvgIpc) is 2.47. The van der Waals surface area contributed by atoms with Crippen molar-refractivity contribution in [3.8, 4) is 5.88 Å². The number of carbonyl (C=O) groups is 1. The standard InChI is InChI=1S/C15H18N4O2/c1-10-7-14(21-2)19-15(17-10)18-13(20)8-11-3-5-12(9-16)6-4-11/h3-7H,8-9,16H2,1-2H3,(H,17,18,19,20). The Balaban J connectivity index is 2.02. The van der Waals surface area contributed by atoms with Gasteiger partial charge in [0.1, 0.15) is 0 Å². The fraction of sp³-hybridized carbons (Fsp3) is 0.267. The number of aromatic nitrogens is 2. The van der Waals surface area contributed by atoms with Crippen LogP contribution in [0.2, 0.25) is 0 Å². The highest BCUT2D eigenvalue weighted by molar-refractivity contribution is 5.90. The molecule has 0 saturated carbocycles. The molecule has 0 saturated heterocycles. The second-order valence-electron chi connectivity index (χ2n) is 4.62. The number of nitrogens with two attached hydrogens (primary N) is 1. The average molecular weight is 286 g/mol. The molecule has 0 atom stereocenters. The molecular formula is C15H18N4O2. The molecule has 21 heavy (non-hydrogen) atoms. The largest absolute Gasteiger partial charge is 0.481 e. The summed E-state index contributed by atoms with van der Waals surface area (Å²) >= 11 is 0. The topological polar surface area (TPSA) is 90.1 Å². The number of nitrogens with zero attached hydrogens (tertiary/aromatic N) is 2. The molecule has 0 fully saturated rings. The number of nitrogens with one attached hydrogen (secondary N) is 1. The summed E-state index contributed by atoms with van der Waals surface area (Å²) in [6, 6.07) is 9.30. The van der Waals surface area contributed by atoms with Gasteiger partial charge in [0, 0.05) is 18.3 Å². The summed E-state index contributed by atoms with van der Waals surface area (Å²) in [5.74, 6) is 0.490. The van der Waals surface area contributed by atoms with Crippen molar-refractivity contribution in [1.82, 2.24) is 9.97 Å². The van der Waals surface area contributed by atoms with Crippen LogP contribution in [0.1, 0.15) is 16.8 Å². The van der Waals surface area contributed by atoms with Crippen molar-refractivity contribution in [2.75, 3.05) is 12.4 Å². The third kappa shape index (κ3) is 4.25. The minimum absolute atomic E-state index is 0.178. The van der Waals surface area contributed by atoms with E-state index < -0.39 is 0 Å². The summed E-state index contributed by atoms with van der Waals surface area (Å²) in [4.78, 5) is 20.2. The van der Waals surface area contributed by atoms with Crippen molar-refractivity contribution in [3.63, 3.8) is 0 Å². The van der Waals surface area contributed by atoms with Gasteiger partial charge in [-0.05, 0) is 18.1 Å². The van der Waals surface area contributed by atoms with Crippen LogP contribution in [0.3, 0.4) is 0 Å². The maximum atomic E-state index is 12.0. The van der Waals surface area contributed by atoms with Crippen molar-refractivity contribution < 1.29 is 9.53 Å². The maximum Gasteiger partial charge on any atom is 0.232 e. The molecule has 1 aromatic carbocycles. The Morgan fingerprint density at radius 1 is 1.24 bits per heavy atom. The van der Waals surface area contributed by atoms with E-state index in [9.17, 15) is 4.79 Å². The summed E-state index contributed by atoms with van der Waals surface area (Å²) < 4.78 is 5.05. The first kappa shape index (κ1) is 14.9. The molecular weight excluding hydrogens is 268 g/mol. The minimum atomic E-state index is -0.178. The van der Waals surface area contributed by atoms with E-state index in [0.29, 0.717) is 12.4 Å². The van der Waals surface area contributed by atoms with Crippen LogP contribution in [0.25, 0.3) is 0 Å². The highest BCUT2D eigenvalue weighted by Gasteiger charge is 2.08. The van der Waals surface area contributed by atoms with Crippen LogP contribution >= 0.6 is 0 Å². The number of anilines is 1. The summed E-state index contributed by atoms with van der Waals surface area (Å²) in [6.07, 6.45) is 0.254. The molecule has 0 aliphatic rings. The first-order valence-electron chi connectivity index (χ1n) is 6.58. The zero-order valence-corrected chi connectivity index (χ0v) is 12.1. The van der Waals surface area contributed by atoms with E-state index in [4.69, 9.17) is 10.5 Å². The van der Waals surface area contributed by atoms with Gasteiger partial charge in [0.15, 0.2) is 0 Å². The first-order valence-corrected chi connectivity index (χ1v) is 6.58. The van der Waals surface area contributed by atoms with Crippen LogP contribution in [-0.4, -0.2) is 23.0 Å². The van der Waals surface area contributed by atoms with Crippen molar-refractivity contribution in [1.29, 1.82) is 0 Å². The van der Waals surface area contributed by atoms with Crippen LogP contribution in [0, 0.1) is 6.92 Å².